The first kappa shape index (κ1) is 14.6. The van der Waals surface area contributed by atoms with Gasteiger partial charge in [-0.05, 0) is 6.07 Å². The molecular formula is C13H18N7OS+. The molecule has 22 heavy (non-hydrogen) atoms. The fraction of sp³-hybridized carbons (Fsp3) is 0.385. The number of aromatic amines is 1. The minimum atomic E-state index is 0.102. The third-order valence-electron chi connectivity index (χ3n) is 3.53. The fourth-order valence-corrected chi connectivity index (χ4v) is 3.07. The second-order valence-electron chi connectivity index (χ2n) is 4.93. The van der Waals surface area contributed by atoms with Crippen molar-refractivity contribution in [1.29, 1.82) is 0 Å². The number of pyridine rings is 1. The van der Waals surface area contributed by atoms with Gasteiger partial charge in [-0.25, -0.2) is 9.66 Å². The predicted molar refractivity (Wildman–Crippen MR) is 82.7 cm³/mol. The molecule has 116 valence electrons. The number of piperazine rings is 1. The Morgan fingerprint density at radius 1 is 1.32 bits per heavy atom. The molecule has 8 nitrogen and oxygen atoms in total. The molecule has 3 N–H and O–H groups in total. The summed E-state index contributed by atoms with van der Waals surface area (Å²) in [7, 11) is 0. The topological polar surface area (TPSA) is 94.4 Å². The molecule has 0 spiro atoms. The second kappa shape index (κ2) is 6.65. The Labute approximate surface area is 132 Å². The molecule has 2 aromatic rings. The lowest BCUT2D eigenvalue weighted by Crippen LogP contribution is -2.50. The van der Waals surface area contributed by atoms with Crippen molar-refractivity contribution in [2.24, 2.45) is 0 Å². The van der Waals surface area contributed by atoms with Crippen LogP contribution in [0.3, 0.4) is 0 Å². The quantitative estimate of drug-likeness (QED) is 0.588. The van der Waals surface area contributed by atoms with Crippen LogP contribution >= 0.6 is 11.8 Å². The summed E-state index contributed by atoms with van der Waals surface area (Å²) in [6.45, 7) is 3.09. The molecule has 0 saturated carbocycles. The maximum absolute atomic E-state index is 12.2. The van der Waals surface area contributed by atoms with Gasteiger partial charge in [-0.15, -0.1) is 10.2 Å². The number of H-pyrrole nitrogens is 1. The zero-order valence-electron chi connectivity index (χ0n) is 12.1. The number of rotatable bonds is 4. The standard InChI is InChI=1S/C13H17N7OS/c14-20-10-16-17-13(20)22-9-12(21)19-7-5-18(6-8-19)11-3-1-2-4-15-11/h1-4,10H,5-9,14H2/p+1. The van der Waals surface area contributed by atoms with Crippen LogP contribution in [-0.4, -0.2) is 57.6 Å². The maximum atomic E-state index is 12.2. The van der Waals surface area contributed by atoms with Crippen LogP contribution in [0.2, 0.25) is 0 Å². The van der Waals surface area contributed by atoms with Crippen molar-refractivity contribution in [2.75, 3.05) is 42.7 Å². The second-order valence-corrected chi connectivity index (χ2v) is 5.87. The molecule has 1 aliphatic heterocycles. The summed E-state index contributed by atoms with van der Waals surface area (Å²) < 4.78 is 1.32. The minimum Gasteiger partial charge on any atom is -0.336 e. The lowest BCUT2D eigenvalue weighted by atomic mass is 10.3. The number of nitrogens with two attached hydrogens (primary N) is 1. The predicted octanol–water partition coefficient (Wildman–Crippen LogP) is -0.753. The van der Waals surface area contributed by atoms with Gasteiger partial charge in [0.05, 0.1) is 25.0 Å². The van der Waals surface area contributed by atoms with E-state index in [1.54, 1.807) is 0 Å². The number of amides is 1. The molecule has 0 bridgehead atoms. The third kappa shape index (κ3) is 3.30. The van der Waals surface area contributed by atoms with Gasteiger partial charge >= 0.3 is 0 Å². The zero-order valence-corrected chi connectivity index (χ0v) is 12.9. The molecule has 1 fully saturated rings. The van der Waals surface area contributed by atoms with E-state index in [0.717, 1.165) is 32.0 Å². The van der Waals surface area contributed by atoms with Crippen molar-refractivity contribution in [2.45, 2.75) is 5.16 Å². The number of hydrogen-bond donors (Lipinski definition) is 1. The van der Waals surface area contributed by atoms with Gasteiger partial charge in [-0.3, -0.25) is 9.69 Å². The number of nitrogens with one attached hydrogen (secondary N) is 1. The molecule has 3 heterocycles. The maximum Gasteiger partial charge on any atom is 0.274 e. The first-order valence-electron chi connectivity index (χ1n) is 7.01. The fourth-order valence-electron chi connectivity index (χ4n) is 2.33. The Kier molecular flexibility index (Phi) is 4.42. The summed E-state index contributed by atoms with van der Waals surface area (Å²) in [5.74, 6) is 7.14. The van der Waals surface area contributed by atoms with Gasteiger partial charge in [0.2, 0.25) is 11.1 Å². The van der Waals surface area contributed by atoms with Crippen molar-refractivity contribution in [1.82, 2.24) is 19.8 Å². The Bertz CT molecular complexity index is 624. The Morgan fingerprint density at radius 3 is 2.77 bits per heavy atom. The van der Waals surface area contributed by atoms with Crippen LogP contribution in [0.5, 0.6) is 0 Å². The summed E-state index contributed by atoms with van der Waals surface area (Å²) in [6, 6.07) is 6.00. The highest BCUT2D eigenvalue weighted by Gasteiger charge is 2.26. The third-order valence-corrected chi connectivity index (χ3v) is 4.47. The van der Waals surface area contributed by atoms with E-state index in [1.165, 1.54) is 22.8 Å². The van der Waals surface area contributed by atoms with Gasteiger partial charge in [0.15, 0.2) is 0 Å². The zero-order chi connectivity index (χ0) is 15.4. The normalized spacial score (nSPS) is 15.1. The number of thioether (sulfide) groups is 1. The van der Waals surface area contributed by atoms with Crippen LogP contribution in [-0.2, 0) is 4.79 Å². The molecule has 9 heteroatoms. The number of aromatic nitrogens is 4. The molecule has 0 aliphatic carbocycles. The van der Waals surface area contributed by atoms with Crippen molar-refractivity contribution in [3.63, 3.8) is 0 Å². The number of nitrogens with zero attached hydrogens (tertiary/aromatic N) is 5. The van der Waals surface area contributed by atoms with Crippen molar-refractivity contribution in [3.05, 3.63) is 30.7 Å². The molecule has 1 saturated heterocycles. The van der Waals surface area contributed by atoms with E-state index in [4.69, 9.17) is 5.84 Å². The van der Waals surface area contributed by atoms with E-state index in [1.807, 2.05) is 29.3 Å². The van der Waals surface area contributed by atoms with Gasteiger partial charge in [0.25, 0.3) is 5.82 Å². The van der Waals surface area contributed by atoms with Gasteiger partial charge in [-0.1, -0.05) is 17.8 Å². The first-order chi connectivity index (χ1) is 10.7. The molecule has 0 radical (unpaired) electrons. The number of hydrogen-bond acceptors (Lipinski definition) is 6. The molecular weight excluding hydrogens is 302 g/mol. The number of anilines is 1. The summed E-state index contributed by atoms with van der Waals surface area (Å²) in [4.78, 5) is 19.6. The summed E-state index contributed by atoms with van der Waals surface area (Å²) in [5, 5.41) is 8.09. The average molecular weight is 320 g/mol. The summed E-state index contributed by atoms with van der Waals surface area (Å²) in [5.41, 5.74) is 0. The van der Waals surface area contributed by atoms with Crippen LogP contribution in [0, 0.1) is 0 Å². The molecule has 1 amide bonds. The van der Waals surface area contributed by atoms with Crippen LogP contribution in [0.25, 0.3) is 0 Å². The highest BCUT2D eigenvalue weighted by Crippen LogP contribution is 2.15. The summed E-state index contributed by atoms with van der Waals surface area (Å²) in [6.07, 6.45) is 3.33. The Morgan fingerprint density at radius 2 is 2.14 bits per heavy atom. The van der Waals surface area contributed by atoms with Crippen molar-refractivity contribution in [3.8, 4) is 0 Å². The van der Waals surface area contributed by atoms with Gasteiger partial charge in [0, 0.05) is 6.07 Å². The van der Waals surface area contributed by atoms with Crippen LogP contribution < -0.4 is 15.7 Å². The number of carbonyl (C=O) groups excluding carboxylic acids is 1. The van der Waals surface area contributed by atoms with E-state index in [0.29, 0.717) is 10.9 Å². The lowest BCUT2D eigenvalue weighted by Gasteiger charge is -2.30. The van der Waals surface area contributed by atoms with Gasteiger partial charge < -0.3 is 10.7 Å². The molecule has 3 rings (SSSR count). The molecule has 0 unspecified atom stereocenters. The highest BCUT2D eigenvalue weighted by molar-refractivity contribution is 7.99. The lowest BCUT2D eigenvalue weighted by molar-refractivity contribution is -0.364. The van der Waals surface area contributed by atoms with Gasteiger partial charge in [-0.2, -0.15) is 0 Å². The largest absolute Gasteiger partial charge is 0.336 e. The van der Waals surface area contributed by atoms with E-state index >= 15 is 0 Å². The summed E-state index contributed by atoms with van der Waals surface area (Å²) >= 11 is 1.31. The smallest absolute Gasteiger partial charge is 0.274 e. The van der Waals surface area contributed by atoms with Crippen LogP contribution in [0.1, 0.15) is 0 Å². The number of carbonyl (C=O) groups is 1. The Hall–Kier alpha value is -2.29. The molecule has 0 aromatic carbocycles. The average Bonchev–Trinajstić information content (AvgIpc) is 2.99. The van der Waals surface area contributed by atoms with E-state index in [2.05, 4.69) is 20.1 Å². The minimum absolute atomic E-state index is 0.102. The SMILES string of the molecule is Nn1cnnc1SCC(=O)N1CCN(c2cccc[nH+]2)CC1. The molecule has 0 atom stereocenters. The Balaban J connectivity index is 1.49. The van der Waals surface area contributed by atoms with E-state index in [9.17, 15) is 4.79 Å². The van der Waals surface area contributed by atoms with Crippen LogP contribution in [0.4, 0.5) is 5.82 Å². The van der Waals surface area contributed by atoms with Crippen molar-refractivity contribution >= 4 is 23.5 Å². The van der Waals surface area contributed by atoms with Crippen molar-refractivity contribution < 1.29 is 9.78 Å². The highest BCUT2D eigenvalue weighted by atomic mass is 32.2. The molecule has 2 aromatic heterocycles. The first-order valence-corrected chi connectivity index (χ1v) is 8.00. The van der Waals surface area contributed by atoms with Crippen LogP contribution in [0.15, 0.2) is 35.9 Å². The molecule has 1 aliphatic rings. The van der Waals surface area contributed by atoms with E-state index < -0.39 is 0 Å². The van der Waals surface area contributed by atoms with Gasteiger partial charge in [0.1, 0.15) is 19.4 Å². The van der Waals surface area contributed by atoms with E-state index in [-0.39, 0.29) is 5.91 Å². The number of nitrogen functional groups attached to an aromatic ring is 1. The monoisotopic (exact) mass is 320 g/mol.